The summed E-state index contributed by atoms with van der Waals surface area (Å²) in [5.41, 5.74) is -0.543. The number of rotatable bonds is 6. The third-order valence-electron chi connectivity index (χ3n) is 5.90. The lowest BCUT2D eigenvalue weighted by atomic mass is 10.1. The molecule has 0 saturated carbocycles. The van der Waals surface area contributed by atoms with E-state index >= 15 is 0 Å². The van der Waals surface area contributed by atoms with Crippen LogP contribution >= 0.6 is 12.6 Å². The normalized spacial score (nSPS) is 16.6. The summed E-state index contributed by atoms with van der Waals surface area (Å²) in [5.74, 6) is -0.266. The lowest BCUT2D eigenvalue weighted by molar-refractivity contribution is -0.137. The number of benzene rings is 2. The topological polar surface area (TPSA) is 67.7 Å². The Morgan fingerprint density at radius 1 is 1.17 bits per heavy atom. The van der Waals surface area contributed by atoms with Gasteiger partial charge in [0.25, 0.3) is 0 Å². The minimum atomic E-state index is -4.73. The maximum absolute atomic E-state index is 13.5. The molecule has 186 valence electrons. The molecule has 2 amide bonds. The van der Waals surface area contributed by atoms with Gasteiger partial charge in [-0.3, -0.25) is 14.5 Å². The van der Waals surface area contributed by atoms with Gasteiger partial charge in [0.15, 0.2) is 5.50 Å². The molecule has 10 heteroatoms. The van der Waals surface area contributed by atoms with Crippen molar-refractivity contribution < 1.29 is 22.8 Å². The molecule has 0 N–H and O–H groups in total. The number of nitriles is 1. The molecule has 6 nitrogen and oxygen atoms in total. The van der Waals surface area contributed by atoms with Gasteiger partial charge in [0.1, 0.15) is 0 Å². The van der Waals surface area contributed by atoms with E-state index in [0.717, 1.165) is 36.2 Å². The van der Waals surface area contributed by atoms with Gasteiger partial charge in [-0.1, -0.05) is 12.1 Å². The van der Waals surface area contributed by atoms with E-state index in [1.54, 1.807) is 25.1 Å². The molecule has 2 aromatic carbocycles. The van der Waals surface area contributed by atoms with Crippen LogP contribution in [0.15, 0.2) is 42.5 Å². The van der Waals surface area contributed by atoms with Crippen molar-refractivity contribution in [3.63, 3.8) is 0 Å². The number of nitrogens with zero attached hydrogens (tertiary/aromatic N) is 4. The molecule has 1 aliphatic rings. The van der Waals surface area contributed by atoms with Crippen LogP contribution in [-0.4, -0.2) is 42.9 Å². The maximum Gasteiger partial charge on any atom is 0.417 e. The summed E-state index contributed by atoms with van der Waals surface area (Å²) in [4.78, 5) is 29.3. The van der Waals surface area contributed by atoms with E-state index < -0.39 is 22.8 Å². The quantitative estimate of drug-likeness (QED) is 0.572. The highest BCUT2D eigenvalue weighted by Crippen LogP contribution is 2.37. The van der Waals surface area contributed by atoms with E-state index in [0.29, 0.717) is 19.4 Å². The first-order valence-corrected chi connectivity index (χ1v) is 11.7. The molecule has 2 aromatic rings. The van der Waals surface area contributed by atoms with Crippen molar-refractivity contribution in [2.45, 2.75) is 43.8 Å². The van der Waals surface area contributed by atoms with E-state index in [-0.39, 0.29) is 23.9 Å². The summed E-state index contributed by atoms with van der Waals surface area (Å²) < 4.78 is 40.5. The fourth-order valence-electron chi connectivity index (χ4n) is 3.98. The third kappa shape index (κ3) is 6.28. The average Bonchev–Trinajstić information content (AvgIpc) is 2.96. The Kier molecular flexibility index (Phi) is 8.33. The highest BCUT2D eigenvalue weighted by Gasteiger charge is 2.36. The number of hydrogen-bond donors (Lipinski definition) is 1. The van der Waals surface area contributed by atoms with Crippen LogP contribution in [0.25, 0.3) is 0 Å². The lowest BCUT2D eigenvalue weighted by Gasteiger charge is -2.36. The second kappa shape index (κ2) is 11.0. The maximum atomic E-state index is 13.5. The SMILES string of the molecule is CN(C)C(=O)CCCc1ccc(N2CCCC(=O)N(c3ccc(C#N)c(C(F)(F)F)c3)C2S)cc1. The molecular weight excluding hydrogens is 477 g/mol. The smallest absolute Gasteiger partial charge is 0.349 e. The number of halogens is 3. The largest absolute Gasteiger partial charge is 0.417 e. The molecule has 1 saturated heterocycles. The summed E-state index contributed by atoms with van der Waals surface area (Å²) in [5, 5.41) is 9.08. The number of amides is 2. The summed E-state index contributed by atoms with van der Waals surface area (Å²) in [6, 6.07) is 12.5. The van der Waals surface area contributed by atoms with Crippen LogP contribution in [0.5, 0.6) is 0 Å². The Balaban J connectivity index is 1.82. The van der Waals surface area contributed by atoms with Crippen LogP contribution in [0.1, 0.15) is 42.4 Å². The third-order valence-corrected chi connectivity index (χ3v) is 6.41. The molecule has 1 heterocycles. The molecule has 1 unspecified atom stereocenters. The number of alkyl halides is 3. The zero-order chi connectivity index (χ0) is 25.8. The lowest BCUT2D eigenvalue weighted by Crippen LogP contribution is -2.46. The van der Waals surface area contributed by atoms with Crippen LogP contribution in [0.3, 0.4) is 0 Å². The molecule has 0 aliphatic carbocycles. The Bertz CT molecular complexity index is 1110. The van der Waals surface area contributed by atoms with E-state index in [1.807, 2.05) is 29.2 Å². The summed E-state index contributed by atoms with van der Waals surface area (Å²) in [7, 11) is 3.45. The van der Waals surface area contributed by atoms with Crippen molar-refractivity contribution in [3.05, 3.63) is 59.2 Å². The van der Waals surface area contributed by atoms with Gasteiger partial charge in [-0.15, -0.1) is 12.6 Å². The van der Waals surface area contributed by atoms with E-state index in [4.69, 9.17) is 5.26 Å². The van der Waals surface area contributed by atoms with Crippen molar-refractivity contribution in [2.24, 2.45) is 0 Å². The van der Waals surface area contributed by atoms with E-state index in [2.05, 4.69) is 12.6 Å². The van der Waals surface area contributed by atoms with Crippen LogP contribution in [0.4, 0.5) is 24.5 Å². The summed E-state index contributed by atoms with van der Waals surface area (Å²) in [6.07, 6.45) is -2.13. The Hall–Kier alpha value is -3.19. The highest BCUT2D eigenvalue weighted by molar-refractivity contribution is 7.81. The fraction of sp³-hybridized carbons (Fsp3) is 0.400. The van der Waals surface area contributed by atoms with Crippen molar-refractivity contribution in [1.29, 1.82) is 5.26 Å². The van der Waals surface area contributed by atoms with E-state index in [9.17, 15) is 22.8 Å². The monoisotopic (exact) mass is 504 g/mol. The summed E-state index contributed by atoms with van der Waals surface area (Å²) >= 11 is 4.62. The Morgan fingerprint density at radius 3 is 2.43 bits per heavy atom. The molecule has 3 rings (SSSR count). The second-order valence-electron chi connectivity index (χ2n) is 8.55. The van der Waals surface area contributed by atoms with E-state index in [1.165, 1.54) is 11.0 Å². The molecule has 0 spiro atoms. The van der Waals surface area contributed by atoms with Crippen LogP contribution in [0.2, 0.25) is 0 Å². The van der Waals surface area contributed by atoms with Crippen LogP contribution in [0, 0.1) is 11.3 Å². The van der Waals surface area contributed by atoms with Crippen LogP contribution < -0.4 is 9.80 Å². The summed E-state index contributed by atoms with van der Waals surface area (Å²) in [6.45, 7) is 0.496. The zero-order valence-electron chi connectivity index (χ0n) is 19.5. The number of thiol groups is 1. The second-order valence-corrected chi connectivity index (χ2v) is 9.02. The molecule has 1 fully saturated rings. The van der Waals surface area contributed by atoms with Crippen LogP contribution in [-0.2, 0) is 22.2 Å². The minimum absolute atomic E-state index is 0.0374. The molecule has 0 radical (unpaired) electrons. The fourth-order valence-corrected chi connectivity index (χ4v) is 4.49. The van der Waals surface area contributed by atoms with Gasteiger partial charge in [0.05, 0.1) is 17.2 Å². The number of carbonyl (C=O) groups is 2. The van der Waals surface area contributed by atoms with Crippen molar-refractivity contribution in [2.75, 3.05) is 30.4 Å². The molecule has 1 aliphatic heterocycles. The number of hydrogen-bond acceptors (Lipinski definition) is 5. The minimum Gasteiger partial charge on any atom is -0.349 e. The highest BCUT2D eigenvalue weighted by atomic mass is 32.1. The van der Waals surface area contributed by atoms with Gasteiger partial charge < -0.3 is 9.80 Å². The molecule has 0 bridgehead atoms. The first-order valence-electron chi connectivity index (χ1n) is 11.2. The van der Waals surface area contributed by atoms with Crippen molar-refractivity contribution in [3.8, 4) is 6.07 Å². The standard InChI is InChI=1S/C25H27F3N4O2S/c1-30(2)22(33)6-3-5-17-8-11-19(12-9-17)31-14-4-7-23(34)32(24(31)35)20-13-10-18(16-29)21(15-20)25(26,27)28/h8-13,15,24,35H,3-7,14H2,1-2H3. The molecule has 35 heavy (non-hydrogen) atoms. The van der Waals surface area contributed by atoms with Gasteiger partial charge >= 0.3 is 6.18 Å². The Morgan fingerprint density at radius 2 is 1.83 bits per heavy atom. The van der Waals surface area contributed by atoms with Gasteiger partial charge in [-0.2, -0.15) is 18.4 Å². The number of anilines is 2. The predicted molar refractivity (Wildman–Crippen MR) is 131 cm³/mol. The van der Waals surface area contributed by atoms with Crippen molar-refractivity contribution >= 4 is 35.8 Å². The first kappa shape index (κ1) is 26.4. The average molecular weight is 505 g/mol. The van der Waals surface area contributed by atoms with Gasteiger partial charge in [0, 0.05) is 44.9 Å². The number of carbonyl (C=O) groups excluding carboxylic acids is 2. The zero-order valence-corrected chi connectivity index (χ0v) is 20.4. The predicted octanol–water partition coefficient (Wildman–Crippen LogP) is 4.83. The molecular formula is C25H27F3N4O2S. The molecule has 1 atom stereocenters. The Labute approximate surface area is 208 Å². The van der Waals surface area contributed by atoms with Gasteiger partial charge in [0.2, 0.25) is 11.8 Å². The first-order chi connectivity index (χ1) is 16.5. The van der Waals surface area contributed by atoms with Gasteiger partial charge in [-0.25, -0.2) is 0 Å². The van der Waals surface area contributed by atoms with Gasteiger partial charge in [-0.05, 0) is 55.2 Å². The van der Waals surface area contributed by atoms with Crippen molar-refractivity contribution in [1.82, 2.24) is 4.90 Å². The molecule has 0 aromatic heterocycles. The number of aryl methyl sites for hydroxylation is 1.